The lowest BCUT2D eigenvalue weighted by Crippen LogP contribution is -2.15. The van der Waals surface area contributed by atoms with E-state index in [0.717, 1.165) is 28.7 Å². The third-order valence-corrected chi connectivity index (χ3v) is 4.60. The molecule has 2 aliphatic carbocycles. The predicted octanol–water partition coefficient (Wildman–Crippen LogP) is 2.50. The molecule has 0 aromatic carbocycles. The monoisotopic (exact) mass is 228 g/mol. The van der Waals surface area contributed by atoms with Gasteiger partial charge < -0.3 is 4.57 Å². The average Bonchev–Trinajstić information content (AvgIpc) is 3.03. The maximum absolute atomic E-state index is 4.48. The summed E-state index contributed by atoms with van der Waals surface area (Å²) < 4.78 is 2.30. The number of fused-ring (bicyclic) bond motifs is 3. The minimum atomic E-state index is 0.632. The topological polar surface area (TPSA) is 43.6 Å². The fraction of sp³-hybridized carbons (Fsp3) is 0.615. The SMILES string of the molecule is Cc1ncnc2c1ncn2C1CC2CCC1C2. The second-order valence-electron chi connectivity index (χ2n) is 5.53. The molecular weight excluding hydrogens is 212 g/mol. The summed E-state index contributed by atoms with van der Waals surface area (Å²) in [6, 6.07) is 0.632. The number of imidazole rings is 1. The van der Waals surface area contributed by atoms with Crippen LogP contribution in [0.4, 0.5) is 0 Å². The third-order valence-electron chi connectivity index (χ3n) is 4.60. The molecule has 2 aromatic rings. The molecule has 2 aromatic heterocycles. The summed E-state index contributed by atoms with van der Waals surface area (Å²) >= 11 is 0. The largest absolute Gasteiger partial charge is 0.312 e. The number of aromatic nitrogens is 4. The zero-order valence-corrected chi connectivity index (χ0v) is 10.0. The standard InChI is InChI=1S/C13H16N4/c1-8-12-13(15-6-14-8)17(7-16-12)11-5-9-2-3-10(11)4-9/h6-7,9-11H,2-5H2,1H3. The summed E-state index contributed by atoms with van der Waals surface area (Å²) in [5.74, 6) is 1.80. The summed E-state index contributed by atoms with van der Waals surface area (Å²) in [6.07, 6.45) is 9.18. The van der Waals surface area contributed by atoms with Gasteiger partial charge in [0.2, 0.25) is 0 Å². The van der Waals surface area contributed by atoms with Crippen LogP contribution in [0.1, 0.15) is 37.4 Å². The summed E-state index contributed by atoms with van der Waals surface area (Å²) in [5.41, 5.74) is 2.97. The number of rotatable bonds is 1. The van der Waals surface area contributed by atoms with E-state index in [9.17, 15) is 0 Å². The van der Waals surface area contributed by atoms with Crippen molar-refractivity contribution < 1.29 is 0 Å². The molecule has 17 heavy (non-hydrogen) atoms. The minimum absolute atomic E-state index is 0.632. The Balaban J connectivity index is 1.84. The lowest BCUT2D eigenvalue weighted by atomic mass is 9.95. The molecule has 0 N–H and O–H groups in total. The molecule has 88 valence electrons. The van der Waals surface area contributed by atoms with Crippen LogP contribution in [0.2, 0.25) is 0 Å². The predicted molar refractivity (Wildman–Crippen MR) is 64.5 cm³/mol. The van der Waals surface area contributed by atoms with Gasteiger partial charge in [-0.2, -0.15) is 0 Å². The van der Waals surface area contributed by atoms with Gasteiger partial charge in [-0.3, -0.25) is 0 Å². The maximum Gasteiger partial charge on any atom is 0.163 e. The van der Waals surface area contributed by atoms with Gasteiger partial charge in [0, 0.05) is 6.04 Å². The first kappa shape index (κ1) is 9.57. The van der Waals surface area contributed by atoms with Crippen LogP contribution in [0.3, 0.4) is 0 Å². The van der Waals surface area contributed by atoms with Gasteiger partial charge in [-0.25, -0.2) is 15.0 Å². The molecule has 0 aliphatic heterocycles. The Bertz CT molecular complexity index is 574. The van der Waals surface area contributed by atoms with Crippen LogP contribution in [0.5, 0.6) is 0 Å². The molecule has 3 atom stereocenters. The molecular formula is C13H16N4. The maximum atomic E-state index is 4.48. The van der Waals surface area contributed by atoms with Crippen LogP contribution in [0.25, 0.3) is 11.2 Å². The van der Waals surface area contributed by atoms with Crippen molar-refractivity contribution >= 4 is 11.2 Å². The highest BCUT2D eigenvalue weighted by Gasteiger charge is 2.40. The normalized spacial score (nSPS) is 31.5. The van der Waals surface area contributed by atoms with Crippen molar-refractivity contribution in [3.8, 4) is 0 Å². The van der Waals surface area contributed by atoms with Crippen molar-refractivity contribution in [1.82, 2.24) is 19.5 Å². The second kappa shape index (κ2) is 3.28. The van der Waals surface area contributed by atoms with E-state index in [-0.39, 0.29) is 0 Å². The summed E-state index contributed by atoms with van der Waals surface area (Å²) in [5, 5.41) is 0. The van der Waals surface area contributed by atoms with Crippen molar-refractivity contribution in [2.24, 2.45) is 11.8 Å². The number of hydrogen-bond donors (Lipinski definition) is 0. The first-order valence-electron chi connectivity index (χ1n) is 6.47. The van der Waals surface area contributed by atoms with Crippen LogP contribution in [-0.2, 0) is 0 Å². The van der Waals surface area contributed by atoms with E-state index in [0.29, 0.717) is 6.04 Å². The fourth-order valence-electron chi connectivity index (χ4n) is 3.76. The van der Waals surface area contributed by atoms with E-state index in [1.54, 1.807) is 6.33 Å². The smallest absolute Gasteiger partial charge is 0.163 e. The van der Waals surface area contributed by atoms with Crippen LogP contribution >= 0.6 is 0 Å². The molecule has 4 heteroatoms. The van der Waals surface area contributed by atoms with Crippen LogP contribution in [0.15, 0.2) is 12.7 Å². The van der Waals surface area contributed by atoms with Gasteiger partial charge in [-0.05, 0) is 38.0 Å². The van der Waals surface area contributed by atoms with Gasteiger partial charge in [0.15, 0.2) is 5.65 Å². The molecule has 2 aliphatic rings. The van der Waals surface area contributed by atoms with Crippen LogP contribution in [0, 0.1) is 18.8 Å². The molecule has 2 bridgehead atoms. The van der Waals surface area contributed by atoms with Gasteiger partial charge in [0.1, 0.15) is 11.8 Å². The second-order valence-corrected chi connectivity index (χ2v) is 5.53. The van der Waals surface area contributed by atoms with Gasteiger partial charge in [-0.15, -0.1) is 0 Å². The molecule has 2 saturated carbocycles. The Labute approximate surface area is 100 Å². The van der Waals surface area contributed by atoms with E-state index < -0.39 is 0 Å². The van der Waals surface area contributed by atoms with E-state index in [1.165, 1.54) is 25.7 Å². The highest BCUT2D eigenvalue weighted by Crippen LogP contribution is 2.51. The van der Waals surface area contributed by atoms with E-state index in [2.05, 4.69) is 19.5 Å². The number of hydrogen-bond acceptors (Lipinski definition) is 3. The molecule has 4 rings (SSSR count). The highest BCUT2D eigenvalue weighted by molar-refractivity contribution is 5.72. The zero-order valence-electron chi connectivity index (χ0n) is 10.0. The van der Waals surface area contributed by atoms with Crippen molar-refractivity contribution in [1.29, 1.82) is 0 Å². The lowest BCUT2D eigenvalue weighted by molar-refractivity contribution is 0.334. The molecule has 2 heterocycles. The highest BCUT2D eigenvalue weighted by atomic mass is 15.1. The van der Waals surface area contributed by atoms with Crippen LogP contribution in [-0.4, -0.2) is 19.5 Å². The molecule has 4 nitrogen and oxygen atoms in total. The quantitative estimate of drug-likeness (QED) is 0.753. The van der Waals surface area contributed by atoms with Crippen molar-refractivity contribution in [2.75, 3.05) is 0 Å². The number of aryl methyl sites for hydroxylation is 1. The van der Waals surface area contributed by atoms with Crippen molar-refractivity contribution in [3.05, 3.63) is 18.3 Å². The third kappa shape index (κ3) is 1.27. The van der Waals surface area contributed by atoms with E-state index in [4.69, 9.17) is 0 Å². The Morgan fingerprint density at radius 2 is 2.12 bits per heavy atom. The van der Waals surface area contributed by atoms with Crippen molar-refractivity contribution in [3.63, 3.8) is 0 Å². The molecule has 0 spiro atoms. The van der Waals surface area contributed by atoms with Gasteiger partial charge in [0.25, 0.3) is 0 Å². The summed E-state index contributed by atoms with van der Waals surface area (Å²) in [7, 11) is 0. The van der Waals surface area contributed by atoms with Gasteiger partial charge in [0.05, 0.1) is 12.0 Å². The Hall–Kier alpha value is -1.45. The zero-order chi connectivity index (χ0) is 11.4. The van der Waals surface area contributed by atoms with Gasteiger partial charge in [-0.1, -0.05) is 6.42 Å². The van der Waals surface area contributed by atoms with E-state index in [1.807, 2.05) is 13.3 Å². The fourth-order valence-corrected chi connectivity index (χ4v) is 3.76. The summed E-state index contributed by atoms with van der Waals surface area (Å²) in [6.45, 7) is 2.00. The molecule has 0 saturated heterocycles. The first-order chi connectivity index (χ1) is 8.33. The van der Waals surface area contributed by atoms with Crippen molar-refractivity contribution in [2.45, 2.75) is 38.6 Å². The molecule has 3 unspecified atom stereocenters. The Kier molecular flexibility index (Phi) is 1.84. The first-order valence-corrected chi connectivity index (χ1v) is 6.47. The lowest BCUT2D eigenvalue weighted by Gasteiger charge is -2.23. The molecule has 2 fully saturated rings. The molecule has 0 amide bonds. The van der Waals surface area contributed by atoms with Gasteiger partial charge >= 0.3 is 0 Å². The summed E-state index contributed by atoms with van der Waals surface area (Å²) in [4.78, 5) is 13.1. The Morgan fingerprint density at radius 1 is 1.18 bits per heavy atom. The minimum Gasteiger partial charge on any atom is -0.312 e. The number of nitrogens with zero attached hydrogens (tertiary/aromatic N) is 4. The average molecular weight is 228 g/mol. The van der Waals surface area contributed by atoms with Crippen LogP contribution < -0.4 is 0 Å². The van der Waals surface area contributed by atoms with E-state index >= 15 is 0 Å². The molecule has 0 radical (unpaired) electrons. The Morgan fingerprint density at radius 3 is 2.88 bits per heavy atom.